The van der Waals surface area contributed by atoms with E-state index < -0.39 is 11.6 Å². The molecule has 2 unspecified atom stereocenters. The summed E-state index contributed by atoms with van der Waals surface area (Å²) in [4.78, 5) is 0. The second kappa shape index (κ2) is 6.55. The van der Waals surface area contributed by atoms with Gasteiger partial charge in [0.05, 0.1) is 25.4 Å². The van der Waals surface area contributed by atoms with Crippen LogP contribution in [0.3, 0.4) is 0 Å². The van der Waals surface area contributed by atoms with E-state index in [2.05, 4.69) is 0 Å². The van der Waals surface area contributed by atoms with Crippen molar-refractivity contribution in [1.82, 2.24) is 0 Å². The summed E-state index contributed by atoms with van der Waals surface area (Å²) < 4.78 is 30.9. The van der Waals surface area contributed by atoms with Crippen LogP contribution in [0.25, 0.3) is 0 Å². The molecular formula is C20H28O6. The van der Waals surface area contributed by atoms with Crippen molar-refractivity contribution in [2.45, 2.75) is 76.4 Å². The molecule has 0 amide bonds. The zero-order valence-corrected chi connectivity index (χ0v) is 15.8. The quantitative estimate of drug-likeness (QED) is 0.884. The molecule has 0 spiro atoms. The largest absolute Gasteiger partial charge is 0.396 e. The molecule has 4 rings (SSSR count). The van der Waals surface area contributed by atoms with Crippen molar-refractivity contribution in [3.63, 3.8) is 0 Å². The maximum atomic E-state index is 10.0. The summed E-state index contributed by atoms with van der Waals surface area (Å²) in [6, 6.07) is 10.0. The zero-order valence-electron chi connectivity index (χ0n) is 15.8. The zero-order chi connectivity index (χ0) is 18.5. The summed E-state index contributed by atoms with van der Waals surface area (Å²) in [5.74, 6) is -1.68. The van der Waals surface area contributed by atoms with Gasteiger partial charge in [0.1, 0.15) is 18.3 Å². The van der Waals surface area contributed by atoms with Crippen molar-refractivity contribution in [1.29, 1.82) is 0 Å². The summed E-state index contributed by atoms with van der Waals surface area (Å²) in [7, 11) is 0. The molecule has 1 aliphatic carbocycles. The van der Waals surface area contributed by atoms with Crippen LogP contribution in [0.5, 0.6) is 0 Å². The number of aliphatic hydroxyl groups excluding tert-OH is 1. The summed E-state index contributed by atoms with van der Waals surface area (Å²) in [6.07, 6.45) is -1.56. The van der Waals surface area contributed by atoms with Gasteiger partial charge < -0.3 is 28.8 Å². The molecule has 3 aliphatic rings. The molecule has 2 aliphatic heterocycles. The Hall–Kier alpha value is -1.02. The summed E-state index contributed by atoms with van der Waals surface area (Å²) in [5, 5.41) is 10.0. The van der Waals surface area contributed by atoms with Crippen molar-refractivity contribution in [2.24, 2.45) is 5.92 Å². The van der Waals surface area contributed by atoms with Gasteiger partial charge in [0.2, 0.25) is 0 Å². The topological polar surface area (TPSA) is 66.4 Å². The minimum Gasteiger partial charge on any atom is -0.396 e. The van der Waals surface area contributed by atoms with Gasteiger partial charge in [-0.1, -0.05) is 30.3 Å². The second-order valence-corrected chi connectivity index (χ2v) is 8.24. The number of ether oxygens (including phenoxy) is 5. The highest BCUT2D eigenvalue weighted by atomic mass is 16.8. The van der Waals surface area contributed by atoms with E-state index in [-0.39, 0.29) is 43.0 Å². The molecule has 144 valence electrons. The lowest BCUT2D eigenvalue weighted by molar-refractivity contribution is -0.190. The molecule has 1 aromatic rings. The molecule has 6 heteroatoms. The number of hydrogen-bond donors (Lipinski definition) is 1. The second-order valence-electron chi connectivity index (χ2n) is 8.24. The van der Waals surface area contributed by atoms with Gasteiger partial charge in [0.25, 0.3) is 0 Å². The molecule has 1 saturated carbocycles. The highest BCUT2D eigenvalue weighted by molar-refractivity contribution is 5.14. The van der Waals surface area contributed by atoms with Crippen LogP contribution < -0.4 is 0 Å². The van der Waals surface area contributed by atoms with Crippen LogP contribution in [0.4, 0.5) is 0 Å². The van der Waals surface area contributed by atoms with E-state index in [0.29, 0.717) is 6.61 Å². The highest BCUT2D eigenvalue weighted by Gasteiger charge is 2.63. The average Bonchev–Trinajstić information content (AvgIpc) is 3.06. The lowest BCUT2D eigenvalue weighted by Crippen LogP contribution is -2.60. The Morgan fingerprint density at radius 1 is 0.846 bits per heavy atom. The molecule has 3 fully saturated rings. The third kappa shape index (κ3) is 3.30. The molecule has 1 aromatic carbocycles. The normalized spacial score (nSPS) is 40.2. The molecule has 2 heterocycles. The average molecular weight is 364 g/mol. The first kappa shape index (κ1) is 18.3. The Morgan fingerprint density at radius 3 is 1.85 bits per heavy atom. The van der Waals surface area contributed by atoms with Crippen molar-refractivity contribution in [3.8, 4) is 0 Å². The van der Waals surface area contributed by atoms with Crippen LogP contribution >= 0.6 is 0 Å². The maximum Gasteiger partial charge on any atom is 0.163 e. The van der Waals surface area contributed by atoms with E-state index >= 15 is 0 Å². The summed E-state index contributed by atoms with van der Waals surface area (Å²) >= 11 is 0. The fraction of sp³-hybridized carbons (Fsp3) is 0.700. The first-order valence-electron chi connectivity index (χ1n) is 9.27. The van der Waals surface area contributed by atoms with E-state index in [0.717, 1.165) is 5.56 Å². The van der Waals surface area contributed by atoms with Crippen LogP contribution in [0.2, 0.25) is 0 Å². The molecule has 1 N–H and O–H groups in total. The van der Waals surface area contributed by atoms with Gasteiger partial charge in [-0.25, -0.2) is 0 Å². The van der Waals surface area contributed by atoms with Crippen LogP contribution in [0.15, 0.2) is 30.3 Å². The fourth-order valence-electron chi connectivity index (χ4n) is 4.34. The Kier molecular flexibility index (Phi) is 4.62. The number of benzene rings is 1. The maximum absolute atomic E-state index is 10.0. The molecule has 6 nitrogen and oxygen atoms in total. The predicted octanol–water partition coefficient (Wildman–Crippen LogP) is 2.23. The molecule has 0 radical (unpaired) electrons. The van der Waals surface area contributed by atoms with Gasteiger partial charge in [-0.05, 0) is 33.3 Å². The Balaban J connectivity index is 1.61. The van der Waals surface area contributed by atoms with E-state index in [1.54, 1.807) is 0 Å². The predicted molar refractivity (Wildman–Crippen MR) is 93.2 cm³/mol. The van der Waals surface area contributed by atoms with Crippen LogP contribution in [-0.2, 0) is 30.3 Å². The SMILES string of the molecule is CC1(C)O[C@@H]2C(CO)[C@H]3OC(C)(C)O[C@H]3C(OCc3ccccc3)[C@H]2O1. The van der Waals surface area contributed by atoms with Crippen molar-refractivity contribution >= 4 is 0 Å². The molecule has 0 aromatic heterocycles. The molecule has 0 bridgehead atoms. The number of fused-ring (bicyclic) bond motifs is 2. The van der Waals surface area contributed by atoms with Gasteiger partial charge in [0, 0.05) is 5.92 Å². The standard InChI is InChI=1S/C20H28O6/c1-19(2)23-14-13(10-21)15-18(26-20(3,4)24-15)16(17(14)25-19)22-11-12-8-6-5-7-9-12/h5-9,13-18,21H,10-11H2,1-4H3/t13?,14-,15-,16?,17-,18+/m1/s1. The van der Waals surface area contributed by atoms with Gasteiger partial charge in [-0.2, -0.15) is 0 Å². The van der Waals surface area contributed by atoms with Crippen molar-refractivity contribution in [2.75, 3.05) is 6.61 Å². The van der Waals surface area contributed by atoms with Gasteiger partial charge in [-0.15, -0.1) is 0 Å². The van der Waals surface area contributed by atoms with Crippen molar-refractivity contribution < 1.29 is 28.8 Å². The van der Waals surface area contributed by atoms with E-state index in [1.165, 1.54) is 0 Å². The lowest BCUT2D eigenvalue weighted by Gasteiger charge is -2.42. The Labute approximate surface area is 154 Å². The van der Waals surface area contributed by atoms with E-state index in [9.17, 15) is 5.11 Å². The molecule has 6 atom stereocenters. The molecule has 2 saturated heterocycles. The Morgan fingerprint density at radius 2 is 1.35 bits per heavy atom. The summed E-state index contributed by atoms with van der Waals surface area (Å²) in [6.45, 7) is 7.94. The van der Waals surface area contributed by atoms with E-state index in [1.807, 2.05) is 58.0 Å². The summed E-state index contributed by atoms with van der Waals surface area (Å²) in [5.41, 5.74) is 1.08. The van der Waals surface area contributed by atoms with Crippen LogP contribution in [-0.4, -0.2) is 53.8 Å². The first-order valence-corrected chi connectivity index (χ1v) is 9.27. The minimum atomic E-state index is -0.731. The van der Waals surface area contributed by atoms with Gasteiger partial charge in [-0.3, -0.25) is 0 Å². The van der Waals surface area contributed by atoms with Gasteiger partial charge >= 0.3 is 0 Å². The third-order valence-corrected chi connectivity index (χ3v) is 5.31. The number of hydrogen-bond acceptors (Lipinski definition) is 6. The van der Waals surface area contributed by atoms with E-state index in [4.69, 9.17) is 23.7 Å². The minimum absolute atomic E-state index is 0.0490. The number of rotatable bonds is 4. The molecule has 26 heavy (non-hydrogen) atoms. The third-order valence-electron chi connectivity index (χ3n) is 5.31. The Bertz CT molecular complexity index is 598. The smallest absolute Gasteiger partial charge is 0.163 e. The first-order chi connectivity index (χ1) is 12.3. The highest BCUT2D eigenvalue weighted by Crippen LogP contribution is 2.47. The van der Waals surface area contributed by atoms with Crippen molar-refractivity contribution in [3.05, 3.63) is 35.9 Å². The fourth-order valence-corrected chi connectivity index (χ4v) is 4.34. The number of aliphatic hydroxyl groups is 1. The molecular weight excluding hydrogens is 336 g/mol. The van der Waals surface area contributed by atoms with Crippen LogP contribution in [0.1, 0.15) is 33.3 Å². The van der Waals surface area contributed by atoms with Gasteiger partial charge in [0.15, 0.2) is 11.6 Å². The van der Waals surface area contributed by atoms with Crippen LogP contribution in [0, 0.1) is 5.92 Å². The monoisotopic (exact) mass is 364 g/mol. The lowest BCUT2D eigenvalue weighted by atomic mass is 9.79.